The van der Waals surface area contributed by atoms with Gasteiger partial charge in [-0.2, -0.15) is 9.97 Å². The first kappa shape index (κ1) is 27.5. The number of terminal acetylenes is 1. The molecule has 2 N–H and O–H groups in total. The van der Waals surface area contributed by atoms with Gasteiger partial charge in [-0.1, -0.05) is 12.0 Å². The summed E-state index contributed by atoms with van der Waals surface area (Å²) in [6.45, 7) is 4.54. The van der Waals surface area contributed by atoms with Crippen molar-refractivity contribution in [2.24, 2.45) is 0 Å². The molecule has 10 heteroatoms. The van der Waals surface area contributed by atoms with Gasteiger partial charge in [-0.15, -0.1) is 6.42 Å². The Morgan fingerprint density at radius 1 is 1.07 bits per heavy atom. The molecule has 4 aliphatic heterocycles. The number of nitrogens with zero attached hydrogens (tertiary/aromatic N) is 5. The third-order valence-electron chi connectivity index (χ3n) is 10.0. The fourth-order valence-electron chi connectivity index (χ4n) is 7.94. The van der Waals surface area contributed by atoms with Gasteiger partial charge in [0.25, 0.3) is 0 Å². The Labute approximate surface area is 254 Å². The van der Waals surface area contributed by atoms with Crippen LogP contribution < -0.4 is 15.4 Å². The first-order valence-electron chi connectivity index (χ1n) is 15.6. The fourth-order valence-corrected chi connectivity index (χ4v) is 7.94. The lowest BCUT2D eigenvalue weighted by molar-refractivity contribution is 0.108. The first-order chi connectivity index (χ1) is 21.5. The molecule has 226 valence electrons. The van der Waals surface area contributed by atoms with Gasteiger partial charge in [0.1, 0.15) is 29.5 Å². The number of aryl methyl sites for hydroxylation is 1. The molecule has 1 atom stereocenters. The van der Waals surface area contributed by atoms with Gasteiger partial charge in [0.05, 0.1) is 34.8 Å². The molecule has 0 unspecified atom stereocenters. The average molecular weight is 597 g/mol. The van der Waals surface area contributed by atoms with Gasteiger partial charge in [0.15, 0.2) is 5.82 Å². The maximum Gasteiger partial charge on any atom is 0.319 e. The second-order valence-corrected chi connectivity index (χ2v) is 12.5. The zero-order valence-electron chi connectivity index (χ0n) is 24.5. The molecule has 2 aromatic heterocycles. The van der Waals surface area contributed by atoms with E-state index in [0.29, 0.717) is 65.2 Å². The third kappa shape index (κ3) is 4.28. The Kier molecular flexibility index (Phi) is 6.58. The van der Waals surface area contributed by atoms with Gasteiger partial charge in [-0.05, 0) is 81.6 Å². The number of nitrogens with two attached hydrogens (primary N) is 1. The Morgan fingerprint density at radius 3 is 2.73 bits per heavy atom. The number of halogens is 2. The van der Waals surface area contributed by atoms with Crippen molar-refractivity contribution in [2.75, 3.05) is 50.1 Å². The van der Waals surface area contributed by atoms with Gasteiger partial charge < -0.3 is 20.1 Å². The van der Waals surface area contributed by atoms with E-state index in [4.69, 9.17) is 36.6 Å². The molecular weight excluding hydrogens is 562 g/mol. The number of fused-ring (bicyclic) bond motifs is 4. The molecule has 0 spiro atoms. The maximum atomic E-state index is 17.0. The van der Waals surface area contributed by atoms with Crippen LogP contribution in [0.25, 0.3) is 32.9 Å². The molecule has 3 saturated heterocycles. The topological polar surface area (TPSA) is 89.6 Å². The number of ether oxygens (including phenoxy) is 2. The molecule has 44 heavy (non-hydrogen) atoms. The van der Waals surface area contributed by atoms with E-state index >= 15 is 4.39 Å². The molecule has 0 saturated carbocycles. The van der Waals surface area contributed by atoms with Crippen molar-refractivity contribution in [3.05, 3.63) is 47.2 Å². The second-order valence-electron chi connectivity index (χ2n) is 12.5. The van der Waals surface area contributed by atoms with Crippen molar-refractivity contribution in [3.8, 4) is 29.6 Å². The Hall–Kier alpha value is -4.07. The molecule has 0 bridgehead atoms. The highest BCUT2D eigenvalue weighted by molar-refractivity contribution is 6.04. The molecule has 0 radical (unpaired) electrons. The summed E-state index contributed by atoms with van der Waals surface area (Å²) >= 11 is 0. The molecule has 0 aliphatic carbocycles. The summed E-state index contributed by atoms with van der Waals surface area (Å²) in [7, 11) is 0. The largest absolute Gasteiger partial charge is 0.461 e. The van der Waals surface area contributed by atoms with Crippen molar-refractivity contribution >= 4 is 33.2 Å². The van der Waals surface area contributed by atoms with E-state index in [-0.39, 0.29) is 34.4 Å². The first-order valence-corrected chi connectivity index (χ1v) is 15.6. The Balaban J connectivity index is 1.34. The number of nitrogen functional groups attached to an aromatic ring is 1. The minimum absolute atomic E-state index is 0.0191. The van der Waals surface area contributed by atoms with Crippen LogP contribution in [0.2, 0.25) is 0 Å². The van der Waals surface area contributed by atoms with Crippen molar-refractivity contribution in [1.82, 2.24) is 19.9 Å². The number of hydrogen-bond donors (Lipinski definition) is 1. The third-order valence-corrected chi connectivity index (χ3v) is 10.0. The van der Waals surface area contributed by atoms with E-state index < -0.39 is 11.6 Å². The molecule has 0 amide bonds. The number of rotatable bonds is 4. The lowest BCUT2D eigenvalue weighted by atomic mass is 9.95. The number of aromatic nitrogens is 3. The lowest BCUT2D eigenvalue weighted by Crippen LogP contribution is -2.43. The number of benzene rings is 2. The molecule has 4 aromatic rings. The molecule has 6 heterocycles. The normalized spacial score (nSPS) is 21.1. The molecule has 8 rings (SSSR count). The van der Waals surface area contributed by atoms with E-state index in [0.717, 1.165) is 58.2 Å². The minimum Gasteiger partial charge on any atom is -0.461 e. The summed E-state index contributed by atoms with van der Waals surface area (Å²) < 4.78 is 44.3. The standard InChI is InChI=1S/C34H34F2N6O2/c1-2-23-25(35)8-6-20-16-21(37)17-24(27(20)23)30-29(36)31-28-26(38-30)9-7-22-18-43-15-5-14-42(22)32(28)40-33(39-31)44-19-34-10-3-12-41(34)13-4-11-34/h1,6,8,16-17,22H,3-5,7,9-15,18-19,37H2/t22-/m0/s1. The van der Waals surface area contributed by atoms with Crippen LogP contribution in [0.5, 0.6) is 6.01 Å². The van der Waals surface area contributed by atoms with Crippen LogP contribution in [-0.2, 0) is 11.2 Å². The highest BCUT2D eigenvalue weighted by Gasteiger charge is 2.45. The molecule has 2 aromatic carbocycles. The van der Waals surface area contributed by atoms with E-state index in [9.17, 15) is 4.39 Å². The van der Waals surface area contributed by atoms with E-state index in [2.05, 4.69) is 15.7 Å². The van der Waals surface area contributed by atoms with E-state index in [1.807, 2.05) is 0 Å². The number of anilines is 2. The van der Waals surface area contributed by atoms with E-state index in [1.54, 1.807) is 18.2 Å². The maximum absolute atomic E-state index is 17.0. The van der Waals surface area contributed by atoms with Crippen LogP contribution in [0.4, 0.5) is 20.3 Å². The van der Waals surface area contributed by atoms with E-state index in [1.165, 1.54) is 6.07 Å². The van der Waals surface area contributed by atoms with Crippen LogP contribution in [0.3, 0.4) is 0 Å². The number of hydrogen-bond acceptors (Lipinski definition) is 8. The summed E-state index contributed by atoms with van der Waals surface area (Å²) in [5, 5.41) is 1.58. The molecule has 8 nitrogen and oxygen atoms in total. The molecule has 4 aliphatic rings. The zero-order chi connectivity index (χ0) is 30.0. The predicted molar refractivity (Wildman–Crippen MR) is 166 cm³/mol. The SMILES string of the molecule is C#Cc1c(F)ccc2cc(N)cc(-c3nc4c5c(nc(OCC67CCCN6CCC7)nc5c3F)N3CCCOC[C@@H]3CC4)c12. The zero-order valence-corrected chi connectivity index (χ0v) is 24.5. The van der Waals surface area contributed by atoms with Gasteiger partial charge in [-0.25, -0.2) is 13.8 Å². The monoisotopic (exact) mass is 596 g/mol. The molecule has 3 fully saturated rings. The van der Waals surface area contributed by atoms with Crippen molar-refractivity contribution in [1.29, 1.82) is 0 Å². The van der Waals surface area contributed by atoms with Crippen molar-refractivity contribution < 1.29 is 18.3 Å². The summed E-state index contributed by atoms with van der Waals surface area (Å²) in [6.07, 6.45) is 12.3. The smallest absolute Gasteiger partial charge is 0.319 e. The Morgan fingerprint density at radius 2 is 1.91 bits per heavy atom. The summed E-state index contributed by atoms with van der Waals surface area (Å²) in [6, 6.07) is 6.42. The van der Waals surface area contributed by atoms with Crippen molar-refractivity contribution in [3.63, 3.8) is 0 Å². The highest BCUT2D eigenvalue weighted by Crippen LogP contribution is 2.43. The van der Waals surface area contributed by atoms with Crippen LogP contribution in [-0.4, -0.2) is 70.9 Å². The van der Waals surface area contributed by atoms with Gasteiger partial charge in [0.2, 0.25) is 0 Å². The second kappa shape index (κ2) is 10.5. The van der Waals surface area contributed by atoms with Gasteiger partial charge in [0, 0.05) is 29.8 Å². The summed E-state index contributed by atoms with van der Waals surface area (Å²) in [4.78, 5) is 19.3. The highest BCUT2D eigenvalue weighted by atomic mass is 19.1. The van der Waals surface area contributed by atoms with Crippen molar-refractivity contribution in [2.45, 2.75) is 56.5 Å². The van der Waals surface area contributed by atoms with Gasteiger partial charge >= 0.3 is 6.01 Å². The van der Waals surface area contributed by atoms with Crippen LogP contribution in [0.1, 0.15) is 49.8 Å². The summed E-state index contributed by atoms with van der Waals surface area (Å²) in [5.74, 6) is 1.89. The van der Waals surface area contributed by atoms with Crippen LogP contribution in [0, 0.1) is 24.0 Å². The van der Waals surface area contributed by atoms with Crippen LogP contribution in [0.15, 0.2) is 24.3 Å². The number of pyridine rings is 1. The van der Waals surface area contributed by atoms with Crippen LogP contribution >= 0.6 is 0 Å². The predicted octanol–water partition coefficient (Wildman–Crippen LogP) is 5.24. The quantitative estimate of drug-likeness (QED) is 0.253. The molecular formula is C34H34F2N6O2. The minimum atomic E-state index is -0.637. The fraction of sp³-hybridized carbons (Fsp3) is 0.441. The Bertz CT molecular complexity index is 1850. The average Bonchev–Trinajstić information content (AvgIpc) is 3.46. The van der Waals surface area contributed by atoms with Gasteiger partial charge in [-0.3, -0.25) is 4.90 Å². The summed E-state index contributed by atoms with van der Waals surface area (Å²) in [5.41, 5.74) is 7.87. The lowest BCUT2D eigenvalue weighted by Gasteiger charge is -2.32.